The van der Waals surface area contributed by atoms with E-state index in [9.17, 15) is 5.11 Å². The summed E-state index contributed by atoms with van der Waals surface area (Å²) in [5.41, 5.74) is -0.733. The maximum absolute atomic E-state index is 10.5. The van der Waals surface area contributed by atoms with Gasteiger partial charge in [-0.15, -0.1) is 11.3 Å². The van der Waals surface area contributed by atoms with Gasteiger partial charge in [-0.2, -0.15) is 0 Å². The van der Waals surface area contributed by atoms with Crippen molar-refractivity contribution in [1.82, 2.24) is 4.90 Å². The standard InChI is InChI=1S/C16H27NO2S/c1-15(2)13(14(18)16(3,4)19-15)11-17(5)9-8-12-7-6-10-20-12/h6-7,10,13-14,18H,8-9,11H2,1-5H3. The summed E-state index contributed by atoms with van der Waals surface area (Å²) in [6.07, 6.45) is 0.656. The van der Waals surface area contributed by atoms with Gasteiger partial charge in [0, 0.05) is 23.9 Å². The van der Waals surface area contributed by atoms with Crippen LogP contribution < -0.4 is 0 Å². The van der Waals surface area contributed by atoms with Crippen LogP contribution in [0.1, 0.15) is 32.6 Å². The predicted octanol–water partition coefficient (Wildman–Crippen LogP) is 2.79. The molecule has 0 amide bonds. The minimum absolute atomic E-state index is 0.144. The van der Waals surface area contributed by atoms with Crippen molar-refractivity contribution in [3.05, 3.63) is 22.4 Å². The molecule has 1 aliphatic rings. The molecule has 0 aromatic carbocycles. The normalized spacial score (nSPS) is 28.1. The van der Waals surface area contributed by atoms with Crippen molar-refractivity contribution < 1.29 is 9.84 Å². The molecule has 2 unspecified atom stereocenters. The molecule has 2 rings (SSSR count). The van der Waals surface area contributed by atoms with Crippen molar-refractivity contribution in [2.75, 3.05) is 20.1 Å². The first-order valence-electron chi connectivity index (χ1n) is 7.31. The fourth-order valence-corrected chi connectivity index (χ4v) is 3.88. The Morgan fingerprint density at radius 2 is 2.00 bits per heavy atom. The summed E-state index contributed by atoms with van der Waals surface area (Å²) in [7, 11) is 2.13. The summed E-state index contributed by atoms with van der Waals surface area (Å²) in [6, 6.07) is 4.28. The van der Waals surface area contributed by atoms with E-state index in [0.29, 0.717) is 0 Å². The molecule has 1 saturated heterocycles. The second kappa shape index (κ2) is 5.76. The van der Waals surface area contributed by atoms with Crippen molar-refractivity contribution in [2.45, 2.75) is 51.4 Å². The minimum atomic E-state index is -0.456. The Morgan fingerprint density at radius 3 is 2.50 bits per heavy atom. The maximum atomic E-state index is 10.5. The molecule has 2 atom stereocenters. The van der Waals surface area contributed by atoms with Crippen molar-refractivity contribution in [1.29, 1.82) is 0 Å². The number of ether oxygens (including phenoxy) is 1. The van der Waals surface area contributed by atoms with Gasteiger partial charge in [-0.1, -0.05) is 6.07 Å². The molecule has 1 aromatic rings. The molecule has 2 heterocycles. The number of aliphatic hydroxyl groups excluding tert-OH is 1. The van der Waals surface area contributed by atoms with Gasteiger partial charge in [-0.25, -0.2) is 0 Å². The fourth-order valence-electron chi connectivity index (χ4n) is 3.18. The maximum Gasteiger partial charge on any atom is 0.0896 e. The molecule has 1 aromatic heterocycles. The molecular weight excluding hydrogens is 270 g/mol. The first-order chi connectivity index (χ1) is 9.22. The summed E-state index contributed by atoms with van der Waals surface area (Å²) in [6.45, 7) is 10.0. The molecule has 0 saturated carbocycles. The van der Waals surface area contributed by atoms with Gasteiger partial charge in [0.2, 0.25) is 0 Å². The Balaban J connectivity index is 1.91. The predicted molar refractivity (Wildman–Crippen MR) is 84.3 cm³/mol. The molecule has 1 fully saturated rings. The van der Waals surface area contributed by atoms with Crippen LogP contribution in [0.25, 0.3) is 0 Å². The van der Waals surface area contributed by atoms with Crippen molar-refractivity contribution in [2.24, 2.45) is 5.92 Å². The molecule has 3 nitrogen and oxygen atoms in total. The largest absolute Gasteiger partial charge is 0.390 e. The SMILES string of the molecule is CN(CCc1cccs1)CC1C(O)C(C)(C)OC1(C)C. The Hall–Kier alpha value is -0.420. The number of rotatable bonds is 5. The van der Waals surface area contributed by atoms with Crippen LogP contribution in [0, 0.1) is 5.92 Å². The van der Waals surface area contributed by atoms with E-state index in [1.807, 2.05) is 13.8 Å². The molecule has 0 spiro atoms. The van der Waals surface area contributed by atoms with Crippen LogP contribution >= 0.6 is 11.3 Å². The van der Waals surface area contributed by atoms with Crippen molar-refractivity contribution >= 4 is 11.3 Å². The van der Waals surface area contributed by atoms with E-state index in [0.717, 1.165) is 19.5 Å². The highest BCUT2D eigenvalue weighted by Gasteiger charge is 2.53. The van der Waals surface area contributed by atoms with E-state index in [1.54, 1.807) is 11.3 Å². The van der Waals surface area contributed by atoms with Gasteiger partial charge in [0.25, 0.3) is 0 Å². The number of aliphatic hydroxyl groups is 1. The van der Waals surface area contributed by atoms with E-state index < -0.39 is 11.7 Å². The Bertz CT molecular complexity index is 428. The molecule has 20 heavy (non-hydrogen) atoms. The highest BCUT2D eigenvalue weighted by Crippen LogP contribution is 2.42. The lowest BCUT2D eigenvalue weighted by Crippen LogP contribution is -2.42. The van der Waals surface area contributed by atoms with Crippen molar-refractivity contribution in [3.8, 4) is 0 Å². The molecule has 1 N–H and O–H groups in total. The third kappa shape index (κ3) is 3.42. The lowest BCUT2D eigenvalue weighted by atomic mass is 9.84. The zero-order chi connectivity index (χ0) is 15.0. The zero-order valence-corrected chi connectivity index (χ0v) is 14.0. The lowest BCUT2D eigenvalue weighted by Gasteiger charge is -2.30. The van der Waals surface area contributed by atoms with Crippen LogP contribution in [0.3, 0.4) is 0 Å². The summed E-state index contributed by atoms with van der Waals surface area (Å²) in [5.74, 6) is 0.144. The number of hydrogen-bond acceptors (Lipinski definition) is 4. The highest BCUT2D eigenvalue weighted by atomic mass is 32.1. The number of hydrogen-bond donors (Lipinski definition) is 1. The minimum Gasteiger partial charge on any atom is -0.390 e. The molecule has 0 bridgehead atoms. The molecule has 114 valence electrons. The fraction of sp³-hybridized carbons (Fsp3) is 0.750. The second-order valence-electron chi connectivity index (χ2n) is 6.95. The van der Waals surface area contributed by atoms with Gasteiger partial charge in [-0.3, -0.25) is 0 Å². The van der Waals surface area contributed by atoms with Crippen LogP contribution in [-0.2, 0) is 11.2 Å². The Kier molecular flexibility index (Phi) is 4.59. The van der Waals surface area contributed by atoms with Crippen LogP contribution in [0.5, 0.6) is 0 Å². The zero-order valence-electron chi connectivity index (χ0n) is 13.2. The quantitative estimate of drug-likeness (QED) is 0.907. The lowest BCUT2D eigenvalue weighted by molar-refractivity contribution is -0.0912. The number of nitrogens with zero attached hydrogens (tertiary/aromatic N) is 1. The van der Waals surface area contributed by atoms with Gasteiger partial charge in [0.1, 0.15) is 0 Å². The highest BCUT2D eigenvalue weighted by molar-refractivity contribution is 7.09. The van der Waals surface area contributed by atoms with Gasteiger partial charge >= 0.3 is 0 Å². The summed E-state index contributed by atoms with van der Waals surface area (Å²) in [4.78, 5) is 3.72. The van der Waals surface area contributed by atoms with Gasteiger partial charge in [-0.05, 0) is 52.6 Å². The molecule has 1 aliphatic heterocycles. The third-order valence-electron chi connectivity index (χ3n) is 4.34. The van der Waals surface area contributed by atoms with Crippen LogP contribution in [0.2, 0.25) is 0 Å². The first-order valence-corrected chi connectivity index (χ1v) is 8.19. The van der Waals surface area contributed by atoms with Gasteiger partial charge in [0.05, 0.1) is 17.3 Å². The van der Waals surface area contributed by atoms with Gasteiger partial charge in [0.15, 0.2) is 0 Å². The molecule has 0 radical (unpaired) electrons. The summed E-state index contributed by atoms with van der Waals surface area (Å²) in [5, 5.41) is 12.6. The number of likely N-dealkylation sites (N-methyl/N-ethyl adjacent to an activating group) is 1. The second-order valence-corrected chi connectivity index (χ2v) is 7.98. The van der Waals surface area contributed by atoms with E-state index >= 15 is 0 Å². The summed E-state index contributed by atoms with van der Waals surface area (Å²) >= 11 is 1.81. The smallest absolute Gasteiger partial charge is 0.0896 e. The average molecular weight is 297 g/mol. The topological polar surface area (TPSA) is 32.7 Å². The van der Waals surface area contributed by atoms with E-state index in [1.165, 1.54) is 4.88 Å². The van der Waals surface area contributed by atoms with Crippen LogP contribution in [-0.4, -0.2) is 47.4 Å². The number of thiophene rings is 1. The van der Waals surface area contributed by atoms with Crippen LogP contribution in [0.15, 0.2) is 17.5 Å². The van der Waals surface area contributed by atoms with E-state index in [-0.39, 0.29) is 11.5 Å². The van der Waals surface area contributed by atoms with Gasteiger partial charge < -0.3 is 14.7 Å². The van der Waals surface area contributed by atoms with E-state index in [4.69, 9.17) is 4.74 Å². The molecule has 0 aliphatic carbocycles. The van der Waals surface area contributed by atoms with Crippen LogP contribution in [0.4, 0.5) is 0 Å². The summed E-state index contributed by atoms with van der Waals surface area (Å²) < 4.78 is 6.04. The molecular formula is C16H27NO2S. The first kappa shape index (κ1) is 16.0. The van der Waals surface area contributed by atoms with Crippen molar-refractivity contribution in [3.63, 3.8) is 0 Å². The Labute approximate surface area is 126 Å². The Morgan fingerprint density at radius 1 is 1.30 bits per heavy atom. The third-order valence-corrected chi connectivity index (χ3v) is 5.28. The average Bonchev–Trinajstić information content (AvgIpc) is 2.88. The molecule has 4 heteroatoms. The monoisotopic (exact) mass is 297 g/mol. The van der Waals surface area contributed by atoms with E-state index in [2.05, 4.69) is 43.3 Å².